The first-order valence-corrected chi connectivity index (χ1v) is 8.55. The van der Waals surface area contributed by atoms with Gasteiger partial charge in [-0.3, -0.25) is 4.68 Å². The number of likely N-dealkylation sites (tertiary alicyclic amines) is 1. The van der Waals surface area contributed by atoms with Gasteiger partial charge >= 0.3 is 0 Å². The van der Waals surface area contributed by atoms with Crippen LogP contribution in [0.4, 0.5) is 0 Å². The normalized spacial score (nSPS) is 16.4. The third-order valence-corrected chi connectivity index (χ3v) is 4.63. The molecule has 1 aromatic heterocycles. The van der Waals surface area contributed by atoms with Gasteiger partial charge in [-0.15, -0.1) is 0 Å². The lowest BCUT2D eigenvalue weighted by Gasteiger charge is -2.28. The van der Waals surface area contributed by atoms with Gasteiger partial charge in [-0.25, -0.2) is 0 Å². The zero-order valence-electron chi connectivity index (χ0n) is 14.9. The third-order valence-electron chi connectivity index (χ3n) is 4.63. The maximum Gasteiger partial charge on any atom is 0.0641 e. The van der Waals surface area contributed by atoms with E-state index < -0.39 is 0 Å². The fourth-order valence-electron chi connectivity index (χ4n) is 3.22. The molecule has 0 amide bonds. The molecule has 0 saturated carbocycles. The van der Waals surface area contributed by atoms with E-state index in [-0.39, 0.29) is 0 Å². The molecule has 0 radical (unpaired) electrons. The fraction of sp³-hybridized carbons (Fsp3) is 0.722. The number of rotatable bonds is 7. The first-order chi connectivity index (χ1) is 10.5. The van der Waals surface area contributed by atoms with Gasteiger partial charge in [-0.2, -0.15) is 5.10 Å². The highest BCUT2D eigenvalue weighted by Crippen LogP contribution is 2.16. The van der Waals surface area contributed by atoms with Crippen LogP contribution < -0.4 is 0 Å². The van der Waals surface area contributed by atoms with Gasteiger partial charge in [-0.05, 0) is 53.8 Å². The van der Waals surface area contributed by atoms with E-state index in [1.807, 2.05) is 0 Å². The van der Waals surface area contributed by atoms with Crippen LogP contribution in [-0.4, -0.2) is 52.8 Å². The van der Waals surface area contributed by atoms with Gasteiger partial charge < -0.3 is 9.80 Å². The van der Waals surface area contributed by atoms with Crippen LogP contribution in [0, 0.1) is 13.8 Å². The Labute approximate surface area is 135 Å². The van der Waals surface area contributed by atoms with E-state index in [9.17, 15) is 0 Å². The molecule has 1 saturated heterocycles. The molecule has 0 bridgehead atoms. The molecule has 1 aliphatic rings. The molecule has 0 aliphatic carbocycles. The molecule has 4 nitrogen and oxygen atoms in total. The SMILES string of the molecule is C=C(C)Cn1nc(C)c(CN(C)CCN2CCCCC2)c1C. The highest BCUT2D eigenvalue weighted by molar-refractivity contribution is 5.24. The van der Waals surface area contributed by atoms with Gasteiger partial charge in [0.25, 0.3) is 0 Å². The summed E-state index contributed by atoms with van der Waals surface area (Å²) in [5.74, 6) is 0. The van der Waals surface area contributed by atoms with Crippen molar-refractivity contribution in [3.05, 3.63) is 29.1 Å². The highest BCUT2D eigenvalue weighted by Gasteiger charge is 2.15. The Morgan fingerprint density at radius 2 is 1.91 bits per heavy atom. The molecule has 1 fully saturated rings. The monoisotopic (exact) mass is 304 g/mol. The van der Waals surface area contributed by atoms with E-state index in [2.05, 4.69) is 54.0 Å². The van der Waals surface area contributed by atoms with E-state index in [1.165, 1.54) is 50.2 Å². The Balaban J connectivity index is 1.89. The van der Waals surface area contributed by atoms with Crippen molar-refractivity contribution in [2.75, 3.05) is 33.2 Å². The fourth-order valence-corrected chi connectivity index (χ4v) is 3.22. The standard InChI is InChI=1S/C18H32N4/c1-15(2)13-22-17(4)18(16(3)19-22)14-20(5)11-12-21-9-7-6-8-10-21/h1,6-14H2,2-5H3. The molecule has 2 rings (SSSR count). The average molecular weight is 304 g/mol. The maximum atomic E-state index is 4.67. The molecule has 22 heavy (non-hydrogen) atoms. The number of allylic oxidation sites excluding steroid dienone is 1. The molecule has 0 unspecified atom stereocenters. The highest BCUT2D eigenvalue weighted by atomic mass is 15.3. The van der Waals surface area contributed by atoms with E-state index >= 15 is 0 Å². The van der Waals surface area contributed by atoms with Gasteiger partial charge in [0.05, 0.1) is 12.2 Å². The summed E-state index contributed by atoms with van der Waals surface area (Å²) in [6.45, 7) is 17.0. The molecule has 1 aromatic rings. The first kappa shape index (κ1) is 17.2. The van der Waals surface area contributed by atoms with Crippen LogP contribution in [0.25, 0.3) is 0 Å². The van der Waals surface area contributed by atoms with E-state index in [0.717, 1.165) is 30.9 Å². The Morgan fingerprint density at radius 1 is 1.23 bits per heavy atom. The van der Waals surface area contributed by atoms with E-state index in [4.69, 9.17) is 0 Å². The number of aromatic nitrogens is 2. The summed E-state index contributed by atoms with van der Waals surface area (Å²) in [4.78, 5) is 5.03. The van der Waals surface area contributed by atoms with Gasteiger partial charge in [0, 0.05) is 30.9 Å². The van der Waals surface area contributed by atoms with Crippen LogP contribution in [0.2, 0.25) is 0 Å². The van der Waals surface area contributed by atoms with Crippen LogP contribution in [0.5, 0.6) is 0 Å². The van der Waals surface area contributed by atoms with Gasteiger partial charge in [-0.1, -0.05) is 18.6 Å². The topological polar surface area (TPSA) is 24.3 Å². The summed E-state index contributed by atoms with van der Waals surface area (Å²) >= 11 is 0. The molecule has 0 N–H and O–H groups in total. The van der Waals surface area contributed by atoms with Crippen molar-refractivity contribution in [1.82, 2.24) is 19.6 Å². The first-order valence-electron chi connectivity index (χ1n) is 8.55. The van der Waals surface area contributed by atoms with Crippen molar-refractivity contribution >= 4 is 0 Å². The molecule has 4 heteroatoms. The van der Waals surface area contributed by atoms with Crippen LogP contribution in [0.3, 0.4) is 0 Å². The lowest BCUT2D eigenvalue weighted by molar-refractivity contribution is 0.193. The minimum atomic E-state index is 0.824. The molecule has 124 valence electrons. The minimum absolute atomic E-state index is 0.824. The lowest BCUT2D eigenvalue weighted by Crippen LogP contribution is -2.36. The summed E-state index contributed by atoms with van der Waals surface area (Å²) < 4.78 is 2.09. The number of nitrogens with zero attached hydrogens (tertiary/aromatic N) is 4. The van der Waals surface area contributed by atoms with Crippen LogP contribution >= 0.6 is 0 Å². The zero-order valence-corrected chi connectivity index (χ0v) is 14.9. The van der Waals surface area contributed by atoms with Gasteiger partial charge in [0.1, 0.15) is 0 Å². The van der Waals surface area contributed by atoms with Crippen LogP contribution in [0.15, 0.2) is 12.2 Å². The van der Waals surface area contributed by atoms with Crippen molar-refractivity contribution in [2.45, 2.75) is 53.1 Å². The second kappa shape index (κ2) is 7.93. The van der Waals surface area contributed by atoms with E-state index in [1.54, 1.807) is 0 Å². The van der Waals surface area contributed by atoms with Crippen molar-refractivity contribution in [3.8, 4) is 0 Å². The Hall–Kier alpha value is -1.13. The van der Waals surface area contributed by atoms with Crippen LogP contribution in [-0.2, 0) is 13.1 Å². The predicted molar refractivity (Wildman–Crippen MR) is 93.1 cm³/mol. The molecule has 0 atom stereocenters. The third kappa shape index (κ3) is 4.68. The van der Waals surface area contributed by atoms with Gasteiger partial charge in [0.2, 0.25) is 0 Å². The minimum Gasteiger partial charge on any atom is -0.302 e. The summed E-state index contributed by atoms with van der Waals surface area (Å²) in [6.07, 6.45) is 4.15. The van der Waals surface area contributed by atoms with Crippen LogP contribution in [0.1, 0.15) is 43.1 Å². The summed E-state index contributed by atoms with van der Waals surface area (Å²) in [6, 6.07) is 0. The van der Waals surface area contributed by atoms with Crippen molar-refractivity contribution in [2.24, 2.45) is 0 Å². The van der Waals surface area contributed by atoms with Crippen molar-refractivity contribution < 1.29 is 0 Å². The Kier molecular flexibility index (Phi) is 6.21. The smallest absolute Gasteiger partial charge is 0.0641 e. The van der Waals surface area contributed by atoms with Gasteiger partial charge in [0.15, 0.2) is 0 Å². The predicted octanol–water partition coefficient (Wildman–Crippen LogP) is 2.99. The number of likely N-dealkylation sites (N-methyl/N-ethyl adjacent to an activating group) is 1. The Morgan fingerprint density at radius 3 is 2.55 bits per heavy atom. The maximum absolute atomic E-state index is 4.67. The quantitative estimate of drug-likeness (QED) is 0.724. The molecular weight excluding hydrogens is 272 g/mol. The number of hydrogen-bond acceptors (Lipinski definition) is 3. The van der Waals surface area contributed by atoms with Crippen molar-refractivity contribution in [1.29, 1.82) is 0 Å². The summed E-state index contributed by atoms with van der Waals surface area (Å²) in [7, 11) is 2.22. The molecule has 0 spiro atoms. The second-order valence-corrected chi connectivity index (χ2v) is 6.90. The van der Waals surface area contributed by atoms with Crippen molar-refractivity contribution in [3.63, 3.8) is 0 Å². The average Bonchev–Trinajstić information content (AvgIpc) is 2.73. The number of aryl methyl sites for hydroxylation is 1. The molecule has 2 heterocycles. The molecule has 1 aliphatic heterocycles. The second-order valence-electron chi connectivity index (χ2n) is 6.90. The summed E-state index contributed by atoms with van der Waals surface area (Å²) in [5.41, 5.74) is 4.96. The van der Waals surface area contributed by atoms with E-state index in [0.29, 0.717) is 0 Å². The number of piperidine rings is 1. The molecule has 0 aromatic carbocycles. The molecular formula is C18H32N4. The largest absolute Gasteiger partial charge is 0.302 e. The Bertz CT molecular complexity index is 497. The number of hydrogen-bond donors (Lipinski definition) is 0. The zero-order chi connectivity index (χ0) is 16.1. The summed E-state index contributed by atoms with van der Waals surface area (Å²) in [5, 5.41) is 4.67. The lowest BCUT2D eigenvalue weighted by atomic mass is 10.1.